The minimum absolute atomic E-state index is 0.221. The highest BCUT2D eigenvalue weighted by Crippen LogP contribution is 2.26. The first-order chi connectivity index (χ1) is 8.27. The van der Waals surface area contributed by atoms with Gasteiger partial charge in [-0.3, -0.25) is 4.40 Å². The third kappa shape index (κ3) is 1.51. The third-order valence-corrected chi connectivity index (χ3v) is 2.83. The van der Waals surface area contributed by atoms with E-state index in [1.54, 1.807) is 12.1 Å². The van der Waals surface area contributed by atoms with Crippen molar-refractivity contribution in [1.82, 2.24) is 9.38 Å². The molecular formula is C14H11FN2. The molecule has 17 heavy (non-hydrogen) atoms. The van der Waals surface area contributed by atoms with Crippen molar-refractivity contribution in [3.05, 3.63) is 60.2 Å². The zero-order chi connectivity index (χ0) is 11.8. The average Bonchev–Trinajstić information content (AvgIpc) is 2.66. The standard InChI is InChI=1S/C14H11FN2/c1-10-14(11-6-2-3-7-12(11)15)17-9-5-4-8-13(17)16-10/h2-9H,1H3. The molecule has 3 heteroatoms. The maximum absolute atomic E-state index is 13.8. The van der Waals surface area contributed by atoms with E-state index in [1.165, 1.54) is 6.07 Å². The van der Waals surface area contributed by atoms with Crippen LogP contribution in [-0.2, 0) is 0 Å². The Balaban J connectivity index is 2.38. The third-order valence-electron chi connectivity index (χ3n) is 2.83. The van der Waals surface area contributed by atoms with Gasteiger partial charge in [0.2, 0.25) is 0 Å². The number of benzene rings is 1. The maximum atomic E-state index is 13.8. The van der Waals surface area contributed by atoms with E-state index >= 15 is 0 Å². The Morgan fingerprint density at radius 1 is 1.06 bits per heavy atom. The lowest BCUT2D eigenvalue weighted by Gasteiger charge is -2.04. The van der Waals surface area contributed by atoms with E-state index < -0.39 is 0 Å². The normalized spacial score (nSPS) is 10.9. The number of fused-ring (bicyclic) bond motifs is 1. The van der Waals surface area contributed by atoms with Gasteiger partial charge >= 0.3 is 0 Å². The molecular weight excluding hydrogens is 215 g/mol. The van der Waals surface area contributed by atoms with Crippen LogP contribution in [-0.4, -0.2) is 9.38 Å². The van der Waals surface area contributed by atoms with E-state index in [-0.39, 0.29) is 5.82 Å². The lowest BCUT2D eigenvalue weighted by molar-refractivity contribution is 0.630. The van der Waals surface area contributed by atoms with Crippen molar-refractivity contribution in [2.24, 2.45) is 0 Å². The first-order valence-corrected chi connectivity index (χ1v) is 5.46. The van der Waals surface area contributed by atoms with Crippen molar-refractivity contribution in [3.63, 3.8) is 0 Å². The molecule has 3 rings (SSSR count). The lowest BCUT2D eigenvalue weighted by atomic mass is 10.1. The minimum Gasteiger partial charge on any atom is -0.299 e. The first kappa shape index (κ1) is 10.0. The van der Waals surface area contributed by atoms with E-state index in [0.717, 1.165) is 17.0 Å². The number of imidazole rings is 1. The molecule has 0 aliphatic heterocycles. The molecule has 0 atom stereocenters. The zero-order valence-electron chi connectivity index (χ0n) is 9.39. The Kier molecular flexibility index (Phi) is 2.18. The van der Waals surface area contributed by atoms with Crippen LogP contribution in [0.2, 0.25) is 0 Å². The van der Waals surface area contributed by atoms with E-state index in [2.05, 4.69) is 4.98 Å². The van der Waals surface area contributed by atoms with Gasteiger partial charge in [-0.25, -0.2) is 9.37 Å². The molecule has 0 unspecified atom stereocenters. The fourth-order valence-electron chi connectivity index (χ4n) is 2.09. The van der Waals surface area contributed by atoms with Crippen LogP contribution in [0.5, 0.6) is 0 Å². The molecule has 0 fully saturated rings. The second kappa shape index (κ2) is 3.70. The molecule has 2 nitrogen and oxygen atoms in total. The van der Waals surface area contributed by atoms with Crippen LogP contribution in [0.4, 0.5) is 4.39 Å². The summed E-state index contributed by atoms with van der Waals surface area (Å²) in [4.78, 5) is 4.43. The van der Waals surface area contributed by atoms with Crippen LogP contribution in [0.1, 0.15) is 5.69 Å². The largest absolute Gasteiger partial charge is 0.299 e. The Bertz CT molecular complexity index is 686. The van der Waals surface area contributed by atoms with Gasteiger partial charge in [-0.2, -0.15) is 0 Å². The van der Waals surface area contributed by atoms with Crippen LogP contribution in [0.25, 0.3) is 16.9 Å². The second-order valence-electron chi connectivity index (χ2n) is 3.95. The Hall–Kier alpha value is -2.16. The van der Waals surface area contributed by atoms with Gasteiger partial charge in [0.25, 0.3) is 0 Å². The van der Waals surface area contributed by atoms with Gasteiger partial charge in [-0.15, -0.1) is 0 Å². The Labute approximate surface area is 98.4 Å². The van der Waals surface area contributed by atoms with Crippen LogP contribution in [0.15, 0.2) is 48.7 Å². The number of pyridine rings is 1. The van der Waals surface area contributed by atoms with Crippen LogP contribution in [0.3, 0.4) is 0 Å². The van der Waals surface area contributed by atoms with Crippen LogP contribution in [0, 0.1) is 12.7 Å². The van der Waals surface area contributed by atoms with Crippen molar-refractivity contribution < 1.29 is 4.39 Å². The topological polar surface area (TPSA) is 17.3 Å². The second-order valence-corrected chi connectivity index (χ2v) is 3.95. The van der Waals surface area contributed by atoms with E-state index in [0.29, 0.717) is 5.56 Å². The monoisotopic (exact) mass is 226 g/mol. The van der Waals surface area contributed by atoms with Crippen molar-refractivity contribution in [3.8, 4) is 11.3 Å². The first-order valence-electron chi connectivity index (χ1n) is 5.46. The highest BCUT2D eigenvalue weighted by Gasteiger charge is 2.13. The number of aromatic nitrogens is 2. The van der Waals surface area contributed by atoms with Crippen molar-refractivity contribution in [1.29, 1.82) is 0 Å². The molecule has 0 saturated heterocycles. The molecule has 3 aromatic rings. The summed E-state index contributed by atoms with van der Waals surface area (Å²) >= 11 is 0. The quantitative estimate of drug-likeness (QED) is 0.621. The van der Waals surface area contributed by atoms with Gasteiger partial charge in [0, 0.05) is 11.8 Å². The minimum atomic E-state index is -0.221. The average molecular weight is 226 g/mol. The summed E-state index contributed by atoms with van der Waals surface area (Å²) in [7, 11) is 0. The molecule has 84 valence electrons. The number of nitrogens with zero attached hydrogens (tertiary/aromatic N) is 2. The van der Waals surface area contributed by atoms with E-state index in [1.807, 2.05) is 41.8 Å². The number of halogens is 1. The molecule has 0 N–H and O–H groups in total. The highest BCUT2D eigenvalue weighted by atomic mass is 19.1. The van der Waals surface area contributed by atoms with Gasteiger partial charge in [0.1, 0.15) is 11.5 Å². The van der Waals surface area contributed by atoms with Crippen molar-refractivity contribution in [2.45, 2.75) is 6.92 Å². The molecule has 2 heterocycles. The molecule has 1 aromatic carbocycles. The van der Waals surface area contributed by atoms with Gasteiger partial charge in [-0.05, 0) is 31.2 Å². The van der Waals surface area contributed by atoms with Gasteiger partial charge in [0.15, 0.2) is 0 Å². The molecule has 0 radical (unpaired) electrons. The van der Waals surface area contributed by atoms with Gasteiger partial charge in [-0.1, -0.05) is 18.2 Å². The molecule has 0 spiro atoms. The smallest absolute Gasteiger partial charge is 0.137 e. The van der Waals surface area contributed by atoms with E-state index in [9.17, 15) is 4.39 Å². The molecule has 2 aromatic heterocycles. The molecule has 0 bridgehead atoms. The van der Waals surface area contributed by atoms with Crippen LogP contribution < -0.4 is 0 Å². The number of hydrogen-bond acceptors (Lipinski definition) is 1. The fourth-order valence-corrected chi connectivity index (χ4v) is 2.09. The molecule has 0 aliphatic carbocycles. The number of rotatable bonds is 1. The molecule has 0 aliphatic rings. The fraction of sp³-hybridized carbons (Fsp3) is 0.0714. The summed E-state index contributed by atoms with van der Waals surface area (Å²) in [5, 5.41) is 0. The Morgan fingerprint density at radius 2 is 1.82 bits per heavy atom. The number of hydrogen-bond donors (Lipinski definition) is 0. The summed E-state index contributed by atoms with van der Waals surface area (Å²) in [6.45, 7) is 1.90. The predicted octanol–water partition coefficient (Wildman–Crippen LogP) is 3.45. The lowest BCUT2D eigenvalue weighted by Crippen LogP contribution is -1.91. The van der Waals surface area contributed by atoms with Crippen LogP contribution >= 0.6 is 0 Å². The zero-order valence-corrected chi connectivity index (χ0v) is 9.39. The highest BCUT2D eigenvalue weighted by molar-refractivity contribution is 5.67. The van der Waals surface area contributed by atoms with Gasteiger partial charge < -0.3 is 0 Å². The summed E-state index contributed by atoms with van der Waals surface area (Å²) in [6.07, 6.45) is 1.90. The van der Waals surface area contributed by atoms with Crippen molar-refractivity contribution >= 4 is 5.65 Å². The summed E-state index contributed by atoms with van der Waals surface area (Å²) < 4.78 is 15.7. The molecule has 0 saturated carbocycles. The summed E-state index contributed by atoms with van der Waals surface area (Å²) in [5.41, 5.74) is 3.08. The summed E-state index contributed by atoms with van der Waals surface area (Å²) in [6, 6.07) is 12.5. The predicted molar refractivity (Wildman–Crippen MR) is 65.3 cm³/mol. The number of aryl methyl sites for hydroxylation is 1. The maximum Gasteiger partial charge on any atom is 0.137 e. The Morgan fingerprint density at radius 3 is 2.65 bits per heavy atom. The van der Waals surface area contributed by atoms with Gasteiger partial charge in [0.05, 0.1) is 11.4 Å². The van der Waals surface area contributed by atoms with Crippen molar-refractivity contribution in [2.75, 3.05) is 0 Å². The van der Waals surface area contributed by atoms with E-state index in [4.69, 9.17) is 0 Å². The summed E-state index contributed by atoms with van der Waals surface area (Å²) in [5.74, 6) is -0.221. The SMILES string of the molecule is Cc1nc2ccccn2c1-c1ccccc1F. The molecule has 0 amide bonds.